The van der Waals surface area contributed by atoms with Gasteiger partial charge >= 0.3 is 0 Å². The maximum Gasteiger partial charge on any atom is 0.247 e. The van der Waals surface area contributed by atoms with Gasteiger partial charge in [-0.05, 0) is 20.3 Å². The number of carbonyl (C=O) groups excluding carboxylic acids is 2. The number of aromatic nitrogens is 2. The third-order valence-corrected chi connectivity index (χ3v) is 2.69. The van der Waals surface area contributed by atoms with Gasteiger partial charge in [0.15, 0.2) is 0 Å². The fraction of sp³-hybridized carbons (Fsp3) is 0.500. The lowest BCUT2D eigenvalue weighted by atomic mass is 10.2. The summed E-state index contributed by atoms with van der Waals surface area (Å²) in [4.78, 5) is 22.8. The van der Waals surface area contributed by atoms with Crippen molar-refractivity contribution in [3.63, 3.8) is 0 Å². The zero-order valence-corrected chi connectivity index (χ0v) is 9.26. The van der Waals surface area contributed by atoms with Crippen LogP contribution >= 0.6 is 0 Å². The van der Waals surface area contributed by atoms with E-state index in [1.807, 2.05) is 13.8 Å². The first-order valence-corrected chi connectivity index (χ1v) is 5.19. The van der Waals surface area contributed by atoms with Crippen molar-refractivity contribution in [2.45, 2.75) is 32.7 Å². The molecule has 1 atom stereocenters. The van der Waals surface area contributed by atoms with E-state index in [4.69, 9.17) is 0 Å². The van der Waals surface area contributed by atoms with Crippen LogP contribution in [0.15, 0.2) is 0 Å². The summed E-state index contributed by atoms with van der Waals surface area (Å²) < 4.78 is 0. The second-order valence-corrected chi connectivity index (χ2v) is 3.96. The van der Waals surface area contributed by atoms with Crippen LogP contribution in [0.1, 0.15) is 24.2 Å². The van der Waals surface area contributed by atoms with Gasteiger partial charge in [0.25, 0.3) is 0 Å². The van der Waals surface area contributed by atoms with Gasteiger partial charge < -0.3 is 10.6 Å². The molecule has 6 heteroatoms. The van der Waals surface area contributed by atoms with Crippen molar-refractivity contribution in [3.05, 3.63) is 11.4 Å². The van der Waals surface area contributed by atoms with Crippen molar-refractivity contribution in [2.75, 3.05) is 5.32 Å². The highest BCUT2D eigenvalue weighted by Gasteiger charge is 2.27. The summed E-state index contributed by atoms with van der Waals surface area (Å²) in [6, 6.07) is -0.416. The maximum atomic E-state index is 11.8. The molecule has 1 unspecified atom stereocenters. The van der Waals surface area contributed by atoms with Crippen LogP contribution in [-0.2, 0) is 9.59 Å². The van der Waals surface area contributed by atoms with Crippen molar-refractivity contribution in [3.8, 4) is 0 Å². The second kappa shape index (κ2) is 3.96. The van der Waals surface area contributed by atoms with Crippen molar-refractivity contribution >= 4 is 17.5 Å². The van der Waals surface area contributed by atoms with Gasteiger partial charge in [-0.25, -0.2) is 0 Å². The average molecular weight is 222 g/mol. The predicted octanol–water partition coefficient (Wildman–Crippen LogP) is 0.244. The zero-order chi connectivity index (χ0) is 11.7. The van der Waals surface area contributed by atoms with E-state index in [-0.39, 0.29) is 11.8 Å². The number of anilines is 1. The molecule has 1 aliphatic rings. The molecule has 1 fully saturated rings. The first-order valence-electron chi connectivity index (χ1n) is 5.19. The van der Waals surface area contributed by atoms with Crippen LogP contribution in [0.5, 0.6) is 0 Å². The Balaban J connectivity index is 2.05. The normalized spacial score (nSPS) is 19.6. The van der Waals surface area contributed by atoms with Gasteiger partial charge in [-0.15, -0.1) is 0 Å². The Hall–Kier alpha value is -1.85. The van der Waals surface area contributed by atoms with Crippen molar-refractivity contribution < 1.29 is 9.59 Å². The molecule has 0 spiro atoms. The minimum atomic E-state index is -0.416. The highest BCUT2D eigenvalue weighted by Crippen LogP contribution is 2.17. The lowest BCUT2D eigenvalue weighted by Gasteiger charge is -2.10. The third kappa shape index (κ3) is 1.91. The SMILES string of the molecule is Cc1n[nH]c(C)c1NC(=O)C1CCC(=O)N1. The van der Waals surface area contributed by atoms with E-state index in [1.165, 1.54) is 0 Å². The molecule has 0 aliphatic carbocycles. The Kier molecular flexibility index (Phi) is 2.64. The van der Waals surface area contributed by atoms with E-state index >= 15 is 0 Å². The van der Waals surface area contributed by atoms with Crippen molar-refractivity contribution in [1.82, 2.24) is 15.5 Å². The van der Waals surface area contributed by atoms with Gasteiger partial charge in [0, 0.05) is 6.42 Å². The molecule has 1 saturated heterocycles. The molecule has 2 heterocycles. The minimum absolute atomic E-state index is 0.0687. The Morgan fingerprint density at radius 2 is 2.25 bits per heavy atom. The largest absolute Gasteiger partial charge is 0.344 e. The summed E-state index contributed by atoms with van der Waals surface area (Å²) in [5, 5.41) is 12.2. The summed E-state index contributed by atoms with van der Waals surface area (Å²) in [5.41, 5.74) is 2.26. The van der Waals surface area contributed by atoms with E-state index < -0.39 is 6.04 Å². The maximum absolute atomic E-state index is 11.8. The molecule has 16 heavy (non-hydrogen) atoms. The summed E-state index contributed by atoms with van der Waals surface area (Å²) >= 11 is 0. The van der Waals surface area contributed by atoms with E-state index in [0.717, 1.165) is 11.4 Å². The minimum Gasteiger partial charge on any atom is -0.344 e. The molecule has 2 amide bonds. The molecule has 1 aliphatic heterocycles. The second-order valence-electron chi connectivity index (χ2n) is 3.96. The number of nitrogens with one attached hydrogen (secondary N) is 3. The standard InChI is InChI=1S/C10H14N4O2/c1-5-9(6(2)14-13-5)12-10(16)7-3-4-8(15)11-7/h7H,3-4H2,1-2H3,(H,11,15)(H,12,16)(H,13,14). The predicted molar refractivity (Wildman–Crippen MR) is 57.9 cm³/mol. The summed E-state index contributed by atoms with van der Waals surface area (Å²) in [6.45, 7) is 3.65. The van der Waals surface area contributed by atoms with E-state index in [1.54, 1.807) is 0 Å². The average Bonchev–Trinajstić information content (AvgIpc) is 2.79. The first-order chi connectivity index (χ1) is 7.58. The third-order valence-electron chi connectivity index (χ3n) is 2.69. The van der Waals surface area contributed by atoms with Gasteiger partial charge in [0.05, 0.1) is 17.1 Å². The van der Waals surface area contributed by atoms with Gasteiger partial charge in [0.1, 0.15) is 6.04 Å². The number of carbonyl (C=O) groups is 2. The number of hydrogen-bond donors (Lipinski definition) is 3. The zero-order valence-electron chi connectivity index (χ0n) is 9.26. The quantitative estimate of drug-likeness (QED) is 0.670. The number of hydrogen-bond acceptors (Lipinski definition) is 3. The fourth-order valence-electron chi connectivity index (χ4n) is 1.76. The molecule has 1 aromatic rings. The van der Waals surface area contributed by atoms with Gasteiger partial charge in [-0.1, -0.05) is 0 Å². The molecule has 0 bridgehead atoms. The summed E-state index contributed by atoms with van der Waals surface area (Å²) in [5.74, 6) is -0.251. The monoisotopic (exact) mass is 222 g/mol. The molecule has 86 valence electrons. The molecule has 6 nitrogen and oxygen atoms in total. The van der Waals surface area contributed by atoms with Crippen LogP contribution in [0.4, 0.5) is 5.69 Å². The Morgan fingerprint density at radius 1 is 1.50 bits per heavy atom. The van der Waals surface area contributed by atoms with Gasteiger partial charge in [0.2, 0.25) is 11.8 Å². The highest BCUT2D eigenvalue weighted by atomic mass is 16.2. The topological polar surface area (TPSA) is 86.9 Å². The Labute approximate surface area is 92.8 Å². The fourth-order valence-corrected chi connectivity index (χ4v) is 1.76. The molecule has 3 N–H and O–H groups in total. The molecule has 0 saturated carbocycles. The molecule has 0 radical (unpaired) electrons. The first kappa shape index (κ1) is 10.7. The van der Waals surface area contributed by atoms with Crippen LogP contribution < -0.4 is 10.6 Å². The van der Waals surface area contributed by atoms with Crippen molar-refractivity contribution in [2.24, 2.45) is 0 Å². The van der Waals surface area contributed by atoms with E-state index in [0.29, 0.717) is 18.5 Å². The molecule has 0 aromatic carbocycles. The van der Waals surface area contributed by atoms with E-state index in [9.17, 15) is 9.59 Å². The van der Waals surface area contributed by atoms with Gasteiger partial charge in [-0.2, -0.15) is 5.10 Å². The number of amides is 2. The number of aromatic amines is 1. The van der Waals surface area contributed by atoms with Crippen LogP contribution in [-0.4, -0.2) is 28.1 Å². The number of rotatable bonds is 2. The molecule has 1 aromatic heterocycles. The van der Waals surface area contributed by atoms with Crippen LogP contribution in [0.3, 0.4) is 0 Å². The highest BCUT2D eigenvalue weighted by molar-refractivity contribution is 5.99. The Morgan fingerprint density at radius 3 is 2.75 bits per heavy atom. The van der Waals surface area contributed by atoms with Crippen LogP contribution in [0.25, 0.3) is 0 Å². The molecule has 2 rings (SSSR count). The summed E-state index contributed by atoms with van der Waals surface area (Å²) in [6.07, 6.45) is 0.974. The van der Waals surface area contributed by atoms with Crippen LogP contribution in [0, 0.1) is 13.8 Å². The number of nitrogens with zero attached hydrogens (tertiary/aromatic N) is 1. The van der Waals surface area contributed by atoms with Gasteiger partial charge in [-0.3, -0.25) is 14.7 Å². The summed E-state index contributed by atoms with van der Waals surface area (Å²) in [7, 11) is 0. The number of aryl methyl sites for hydroxylation is 2. The van der Waals surface area contributed by atoms with Crippen LogP contribution in [0.2, 0.25) is 0 Å². The molecular weight excluding hydrogens is 208 g/mol. The number of H-pyrrole nitrogens is 1. The van der Waals surface area contributed by atoms with Crippen molar-refractivity contribution in [1.29, 1.82) is 0 Å². The lowest BCUT2D eigenvalue weighted by molar-refractivity contribution is -0.122. The lowest BCUT2D eigenvalue weighted by Crippen LogP contribution is -2.37. The van der Waals surface area contributed by atoms with E-state index in [2.05, 4.69) is 20.8 Å². The molecular formula is C10H14N4O2. The smallest absolute Gasteiger partial charge is 0.247 e. The Bertz CT molecular complexity index is 419.